The number of hydrogen-bond donors (Lipinski definition) is 1. The Morgan fingerprint density at radius 1 is 1.00 bits per heavy atom. The summed E-state index contributed by atoms with van der Waals surface area (Å²) in [5, 5.41) is 4.85. The van der Waals surface area contributed by atoms with Crippen molar-refractivity contribution in [3.63, 3.8) is 0 Å². The molecule has 0 aliphatic rings. The van der Waals surface area contributed by atoms with E-state index in [1.807, 2.05) is 0 Å². The molecule has 2 aromatic heterocycles. The quantitative estimate of drug-likeness (QED) is 0.553. The van der Waals surface area contributed by atoms with E-state index in [-0.39, 0.29) is 11.0 Å². The average Bonchev–Trinajstić information content (AvgIpc) is 3.07. The van der Waals surface area contributed by atoms with E-state index in [2.05, 4.69) is 10.1 Å². The molecule has 7 nitrogen and oxygen atoms in total. The predicted molar refractivity (Wildman–Crippen MR) is 104 cm³/mol. The largest absolute Gasteiger partial charge is 0.334 e. The third kappa shape index (κ3) is 2.80. The van der Waals surface area contributed by atoms with E-state index in [0.717, 1.165) is 9.25 Å². The minimum absolute atomic E-state index is 0.0929. The highest BCUT2D eigenvalue weighted by atomic mass is 32.2. The molecule has 1 N–H and O–H groups in total. The number of aromatic nitrogens is 4. The molecule has 8 heteroatoms. The van der Waals surface area contributed by atoms with Gasteiger partial charge < -0.3 is 0 Å². The highest BCUT2D eigenvalue weighted by Crippen LogP contribution is 2.22. The molecule has 4 aromatic rings. The van der Waals surface area contributed by atoms with Crippen molar-refractivity contribution in [2.24, 2.45) is 0 Å². The van der Waals surface area contributed by atoms with Gasteiger partial charge in [-0.1, -0.05) is 36.4 Å². The molecule has 0 radical (unpaired) electrons. The highest BCUT2D eigenvalue weighted by Gasteiger charge is 2.22. The Kier molecular flexibility index (Phi) is 4.25. The summed E-state index contributed by atoms with van der Waals surface area (Å²) >= 11 is 1.24. The number of H-pyrrole nitrogens is 1. The first kappa shape index (κ1) is 17.0. The molecule has 0 spiro atoms. The van der Waals surface area contributed by atoms with Crippen LogP contribution in [0.15, 0.2) is 75.3 Å². The van der Waals surface area contributed by atoms with Crippen LogP contribution in [0, 0.1) is 0 Å². The van der Waals surface area contributed by atoms with Gasteiger partial charge in [0.2, 0.25) is 0 Å². The number of carbonyl (C=O) groups is 1. The summed E-state index contributed by atoms with van der Waals surface area (Å²) in [6.45, 7) is 0. The normalized spacial score (nSPS) is 11.0. The number of nitrogens with zero attached hydrogens (tertiary/aromatic N) is 3. The summed E-state index contributed by atoms with van der Waals surface area (Å²) in [5.74, 6) is -0.423. The fraction of sp³-hybridized carbons (Fsp3) is 0.0526. The maximum Gasteiger partial charge on any atom is 0.334 e. The first-order chi connectivity index (χ1) is 13.1. The standard InChI is InChI=1S/C19H14N4O3S/c1-27-16-14-15(23(21-16)17(24)12-8-4-2-5-9-12)20-19(26)22(18(14)25)13-10-6-3-7-11-13/h2-11H,1H3,(H,20,26). The molecule has 0 atom stereocenters. The number of aromatic amines is 1. The molecule has 0 bridgehead atoms. The molecule has 0 saturated heterocycles. The van der Waals surface area contributed by atoms with Gasteiger partial charge in [-0.25, -0.2) is 9.36 Å². The van der Waals surface area contributed by atoms with Gasteiger partial charge >= 0.3 is 5.69 Å². The summed E-state index contributed by atoms with van der Waals surface area (Å²) in [6.07, 6.45) is 1.76. The lowest BCUT2D eigenvalue weighted by molar-refractivity contribution is 0.0948. The molecule has 0 saturated carbocycles. The van der Waals surface area contributed by atoms with Gasteiger partial charge in [-0.3, -0.25) is 14.6 Å². The van der Waals surface area contributed by atoms with Crippen molar-refractivity contribution in [2.45, 2.75) is 5.03 Å². The number of hydrogen-bond acceptors (Lipinski definition) is 5. The summed E-state index contributed by atoms with van der Waals surface area (Å²) in [7, 11) is 0. The van der Waals surface area contributed by atoms with Gasteiger partial charge in [-0.05, 0) is 30.5 Å². The molecule has 0 fully saturated rings. The van der Waals surface area contributed by atoms with Gasteiger partial charge in [0.05, 0.1) is 5.69 Å². The average molecular weight is 378 g/mol. The van der Waals surface area contributed by atoms with Gasteiger partial charge in [-0.2, -0.15) is 9.78 Å². The first-order valence-electron chi connectivity index (χ1n) is 8.09. The van der Waals surface area contributed by atoms with Crippen LogP contribution in [-0.4, -0.2) is 31.5 Å². The predicted octanol–water partition coefficient (Wildman–Crippen LogP) is 2.29. The van der Waals surface area contributed by atoms with Gasteiger partial charge in [0, 0.05) is 5.56 Å². The molecule has 2 heterocycles. The molecular weight excluding hydrogens is 364 g/mol. The number of rotatable bonds is 3. The second kappa shape index (κ2) is 6.73. The van der Waals surface area contributed by atoms with Crippen LogP contribution < -0.4 is 11.2 Å². The fourth-order valence-corrected chi connectivity index (χ4v) is 3.42. The molecule has 0 amide bonds. The van der Waals surface area contributed by atoms with Crippen LogP contribution in [-0.2, 0) is 0 Å². The van der Waals surface area contributed by atoms with Crippen LogP contribution in [0.5, 0.6) is 0 Å². The third-order valence-corrected chi connectivity index (χ3v) is 4.79. The molecule has 27 heavy (non-hydrogen) atoms. The molecular formula is C19H14N4O3S. The second-order valence-electron chi connectivity index (χ2n) is 5.72. The van der Waals surface area contributed by atoms with Crippen molar-refractivity contribution in [1.82, 2.24) is 19.3 Å². The highest BCUT2D eigenvalue weighted by molar-refractivity contribution is 7.98. The van der Waals surface area contributed by atoms with Crippen molar-refractivity contribution >= 4 is 28.7 Å². The van der Waals surface area contributed by atoms with Gasteiger partial charge in [0.1, 0.15) is 10.4 Å². The van der Waals surface area contributed by atoms with Gasteiger partial charge in [0.25, 0.3) is 11.5 Å². The van der Waals surface area contributed by atoms with E-state index < -0.39 is 17.2 Å². The minimum Gasteiger partial charge on any atom is -0.291 e. The van der Waals surface area contributed by atoms with E-state index in [9.17, 15) is 14.4 Å². The van der Waals surface area contributed by atoms with Crippen molar-refractivity contribution in [3.05, 3.63) is 87.1 Å². The zero-order valence-corrected chi connectivity index (χ0v) is 15.1. The Hall–Kier alpha value is -3.39. The zero-order valence-electron chi connectivity index (χ0n) is 14.2. The second-order valence-corrected chi connectivity index (χ2v) is 6.52. The van der Waals surface area contributed by atoms with E-state index in [1.54, 1.807) is 66.9 Å². The Morgan fingerprint density at radius 2 is 1.63 bits per heavy atom. The van der Waals surface area contributed by atoms with Crippen molar-refractivity contribution in [2.75, 3.05) is 6.26 Å². The zero-order chi connectivity index (χ0) is 19.0. The third-order valence-electron chi connectivity index (χ3n) is 4.12. The molecule has 4 rings (SSSR count). The van der Waals surface area contributed by atoms with Crippen LogP contribution in [0.25, 0.3) is 16.7 Å². The monoisotopic (exact) mass is 378 g/mol. The summed E-state index contributed by atoms with van der Waals surface area (Å²) in [5.41, 5.74) is -0.206. The minimum atomic E-state index is -0.631. The maximum absolute atomic E-state index is 13.1. The Bertz CT molecular complexity index is 1260. The smallest absolute Gasteiger partial charge is 0.291 e. The SMILES string of the molecule is CSc1nn(C(=O)c2ccccc2)c2[nH]c(=O)n(-c3ccccc3)c(=O)c12. The Balaban J connectivity index is 2.02. The van der Waals surface area contributed by atoms with Crippen LogP contribution in [0.4, 0.5) is 0 Å². The number of para-hydroxylation sites is 1. The summed E-state index contributed by atoms with van der Waals surface area (Å²) < 4.78 is 2.12. The fourth-order valence-electron chi connectivity index (χ4n) is 2.87. The number of thioether (sulfide) groups is 1. The number of fused-ring (bicyclic) bond motifs is 1. The molecule has 0 aliphatic heterocycles. The van der Waals surface area contributed by atoms with Crippen LogP contribution in [0.2, 0.25) is 0 Å². The van der Waals surface area contributed by atoms with E-state index >= 15 is 0 Å². The number of nitrogens with one attached hydrogen (secondary N) is 1. The van der Waals surface area contributed by atoms with Crippen molar-refractivity contribution in [3.8, 4) is 5.69 Å². The van der Waals surface area contributed by atoms with Gasteiger partial charge in [0.15, 0.2) is 5.65 Å². The number of benzene rings is 2. The first-order valence-corrected chi connectivity index (χ1v) is 9.31. The maximum atomic E-state index is 13.1. The van der Waals surface area contributed by atoms with Gasteiger partial charge in [-0.15, -0.1) is 11.8 Å². The lowest BCUT2D eigenvalue weighted by atomic mass is 10.2. The van der Waals surface area contributed by atoms with E-state index in [1.165, 1.54) is 11.8 Å². The number of carbonyl (C=O) groups excluding carboxylic acids is 1. The van der Waals surface area contributed by atoms with Crippen molar-refractivity contribution < 1.29 is 4.79 Å². The molecule has 0 unspecified atom stereocenters. The Labute approximate surface area is 157 Å². The lowest BCUT2D eigenvalue weighted by Gasteiger charge is -2.05. The Morgan fingerprint density at radius 3 is 2.26 bits per heavy atom. The molecule has 134 valence electrons. The van der Waals surface area contributed by atoms with Crippen molar-refractivity contribution in [1.29, 1.82) is 0 Å². The van der Waals surface area contributed by atoms with E-state index in [0.29, 0.717) is 16.3 Å². The van der Waals surface area contributed by atoms with Crippen LogP contribution >= 0.6 is 11.8 Å². The molecule has 0 aliphatic carbocycles. The van der Waals surface area contributed by atoms with E-state index in [4.69, 9.17) is 0 Å². The van der Waals surface area contributed by atoms with Crippen LogP contribution in [0.3, 0.4) is 0 Å². The molecule has 2 aromatic carbocycles. The summed E-state index contributed by atoms with van der Waals surface area (Å²) in [6, 6.07) is 17.2. The lowest BCUT2D eigenvalue weighted by Crippen LogP contribution is -2.34. The summed E-state index contributed by atoms with van der Waals surface area (Å²) in [4.78, 5) is 41.2. The topological polar surface area (TPSA) is 89.8 Å². The van der Waals surface area contributed by atoms with Crippen LogP contribution in [0.1, 0.15) is 10.4 Å².